The molecule has 0 bridgehead atoms. The number of aryl methyl sites for hydroxylation is 1. The van der Waals surface area contributed by atoms with Crippen LogP contribution in [0.1, 0.15) is 29.3 Å². The Morgan fingerprint density at radius 3 is 2.58 bits per heavy atom. The van der Waals surface area contributed by atoms with E-state index in [1.807, 2.05) is 50.2 Å². The Bertz CT molecular complexity index is 1110. The van der Waals surface area contributed by atoms with Gasteiger partial charge in [-0.1, -0.05) is 42.5 Å². The van der Waals surface area contributed by atoms with Crippen LogP contribution < -0.4 is 15.9 Å². The molecule has 31 heavy (non-hydrogen) atoms. The molecule has 7 nitrogen and oxygen atoms in total. The second-order valence-electron chi connectivity index (χ2n) is 7.62. The zero-order chi connectivity index (χ0) is 22.0. The molecule has 4 N–H and O–H groups in total. The predicted molar refractivity (Wildman–Crippen MR) is 125 cm³/mol. The molecule has 3 unspecified atom stereocenters. The van der Waals surface area contributed by atoms with Gasteiger partial charge in [-0.25, -0.2) is 9.89 Å². The van der Waals surface area contributed by atoms with E-state index in [1.165, 1.54) is 0 Å². The summed E-state index contributed by atoms with van der Waals surface area (Å²) in [7, 11) is 0. The van der Waals surface area contributed by atoms with Crippen LogP contribution in [0.2, 0.25) is 0 Å². The van der Waals surface area contributed by atoms with Crippen molar-refractivity contribution >= 4 is 28.7 Å². The van der Waals surface area contributed by atoms with Crippen molar-refractivity contribution in [2.45, 2.75) is 32.2 Å². The summed E-state index contributed by atoms with van der Waals surface area (Å²) in [5, 5.41) is 32.1. The Morgan fingerprint density at radius 1 is 1.13 bits per heavy atom. The van der Waals surface area contributed by atoms with Crippen LogP contribution in [0.3, 0.4) is 0 Å². The van der Waals surface area contributed by atoms with E-state index in [0.717, 1.165) is 29.1 Å². The van der Waals surface area contributed by atoms with Gasteiger partial charge in [0, 0.05) is 35.0 Å². The van der Waals surface area contributed by atoms with Gasteiger partial charge in [0.05, 0.1) is 5.69 Å². The van der Waals surface area contributed by atoms with Gasteiger partial charge in [-0.05, 0) is 50.7 Å². The number of aromatic nitrogens is 2. The van der Waals surface area contributed by atoms with Crippen molar-refractivity contribution in [1.29, 1.82) is 0 Å². The Labute approximate surface area is 186 Å². The highest BCUT2D eigenvalue weighted by atomic mass is 32.1. The molecule has 3 atom stereocenters. The summed E-state index contributed by atoms with van der Waals surface area (Å²) in [6, 6.07) is 16.9. The molecule has 3 aromatic rings. The SMILES string of the molecule is Cc1nn(-c2ccccc2[NH+]([O-])O)c(C)c1C1C=CC(NC(=S)Nc2ccccc2)C1. The molecule has 160 valence electrons. The monoisotopic (exact) mass is 435 g/mol. The second-order valence-corrected chi connectivity index (χ2v) is 8.02. The lowest BCUT2D eigenvalue weighted by molar-refractivity contribution is -0.991. The summed E-state index contributed by atoms with van der Waals surface area (Å²) in [5.41, 5.74) is 4.74. The first kappa shape index (κ1) is 21.2. The van der Waals surface area contributed by atoms with E-state index in [-0.39, 0.29) is 17.6 Å². The van der Waals surface area contributed by atoms with Gasteiger partial charge in [-0.3, -0.25) is 0 Å². The number of allylic oxidation sites excluding steroid dienone is 1. The van der Waals surface area contributed by atoms with E-state index in [2.05, 4.69) is 27.9 Å². The summed E-state index contributed by atoms with van der Waals surface area (Å²) >= 11 is 5.46. The zero-order valence-electron chi connectivity index (χ0n) is 17.4. The first-order valence-corrected chi connectivity index (χ1v) is 10.5. The molecule has 0 radical (unpaired) electrons. The Morgan fingerprint density at radius 2 is 1.84 bits per heavy atom. The topological polar surface area (TPSA) is 89.6 Å². The third kappa shape index (κ3) is 4.52. The molecule has 0 saturated carbocycles. The maximum absolute atomic E-state index is 11.7. The lowest BCUT2D eigenvalue weighted by Gasteiger charge is -2.18. The Balaban J connectivity index is 1.49. The average Bonchev–Trinajstić information content (AvgIpc) is 3.31. The molecule has 4 rings (SSSR count). The number of rotatable bonds is 5. The van der Waals surface area contributed by atoms with Gasteiger partial charge in [0.15, 0.2) is 10.8 Å². The quantitative estimate of drug-likeness (QED) is 0.279. The number of thiocarbonyl (C=S) groups is 1. The molecule has 8 heteroatoms. The van der Waals surface area contributed by atoms with E-state index < -0.39 is 5.23 Å². The van der Waals surface area contributed by atoms with Gasteiger partial charge >= 0.3 is 0 Å². The van der Waals surface area contributed by atoms with Crippen molar-refractivity contribution in [1.82, 2.24) is 15.1 Å². The van der Waals surface area contributed by atoms with Gasteiger partial charge < -0.3 is 15.8 Å². The highest BCUT2D eigenvalue weighted by molar-refractivity contribution is 7.80. The number of anilines is 1. The number of para-hydroxylation sites is 3. The van der Waals surface area contributed by atoms with Gasteiger partial charge in [0.1, 0.15) is 5.69 Å². The fourth-order valence-corrected chi connectivity index (χ4v) is 4.41. The van der Waals surface area contributed by atoms with Crippen molar-refractivity contribution in [3.8, 4) is 5.69 Å². The molecule has 1 heterocycles. The summed E-state index contributed by atoms with van der Waals surface area (Å²) in [6.45, 7) is 3.96. The fraction of sp³-hybridized carbons (Fsp3) is 0.217. The minimum Gasteiger partial charge on any atom is -0.595 e. The largest absolute Gasteiger partial charge is 0.595 e. The molecular weight excluding hydrogens is 410 g/mol. The van der Waals surface area contributed by atoms with E-state index in [4.69, 9.17) is 12.2 Å². The van der Waals surface area contributed by atoms with Crippen LogP contribution in [0.25, 0.3) is 5.69 Å². The smallest absolute Gasteiger partial charge is 0.189 e. The van der Waals surface area contributed by atoms with Crippen molar-refractivity contribution in [2.75, 3.05) is 5.32 Å². The van der Waals surface area contributed by atoms with Crippen LogP contribution in [0.15, 0.2) is 66.7 Å². The summed E-state index contributed by atoms with van der Waals surface area (Å²) in [6.07, 6.45) is 5.16. The summed E-state index contributed by atoms with van der Waals surface area (Å²) < 4.78 is 1.74. The van der Waals surface area contributed by atoms with Crippen LogP contribution in [0, 0.1) is 19.1 Å². The molecule has 1 aromatic heterocycles. The fourth-order valence-electron chi connectivity index (χ4n) is 4.14. The first-order chi connectivity index (χ1) is 14.9. The molecule has 0 spiro atoms. The van der Waals surface area contributed by atoms with Gasteiger partial charge in [0.25, 0.3) is 0 Å². The van der Waals surface area contributed by atoms with Crippen LogP contribution in [0.5, 0.6) is 0 Å². The molecular formula is C23H25N5O2S. The number of quaternary nitrogens is 1. The highest BCUT2D eigenvalue weighted by Gasteiger charge is 2.27. The van der Waals surface area contributed by atoms with E-state index >= 15 is 0 Å². The minimum atomic E-state index is -0.964. The predicted octanol–water partition coefficient (Wildman–Crippen LogP) is 3.29. The lowest BCUT2D eigenvalue weighted by Crippen LogP contribution is -2.99. The Hall–Kier alpha value is -3.04. The van der Waals surface area contributed by atoms with E-state index in [9.17, 15) is 10.4 Å². The van der Waals surface area contributed by atoms with Gasteiger partial charge in [-0.2, -0.15) is 10.3 Å². The Kier molecular flexibility index (Phi) is 6.15. The molecule has 2 aromatic carbocycles. The van der Waals surface area contributed by atoms with Crippen molar-refractivity contribution < 1.29 is 10.4 Å². The summed E-state index contributed by atoms with van der Waals surface area (Å²) in [5.74, 6) is 0.183. The van der Waals surface area contributed by atoms with Crippen molar-refractivity contribution in [2.24, 2.45) is 0 Å². The third-order valence-corrected chi connectivity index (χ3v) is 5.73. The minimum absolute atomic E-state index is 0.113. The zero-order valence-corrected chi connectivity index (χ0v) is 18.2. The maximum Gasteiger partial charge on any atom is 0.189 e. The van der Waals surface area contributed by atoms with Crippen LogP contribution in [-0.4, -0.2) is 26.1 Å². The summed E-state index contributed by atoms with van der Waals surface area (Å²) in [4.78, 5) is 0. The van der Waals surface area contributed by atoms with E-state index in [1.54, 1.807) is 22.9 Å². The number of nitrogens with zero attached hydrogens (tertiary/aromatic N) is 2. The highest BCUT2D eigenvalue weighted by Crippen LogP contribution is 2.34. The van der Waals surface area contributed by atoms with Crippen molar-refractivity contribution in [3.05, 3.63) is 88.9 Å². The van der Waals surface area contributed by atoms with Crippen molar-refractivity contribution in [3.63, 3.8) is 0 Å². The van der Waals surface area contributed by atoms with Gasteiger partial charge in [-0.15, -0.1) is 0 Å². The molecule has 0 aliphatic heterocycles. The van der Waals surface area contributed by atoms with Crippen LogP contribution in [-0.2, 0) is 0 Å². The molecule has 0 fully saturated rings. The normalized spacial score (nSPS) is 18.7. The lowest BCUT2D eigenvalue weighted by atomic mass is 9.96. The average molecular weight is 436 g/mol. The second kappa shape index (κ2) is 8.99. The first-order valence-electron chi connectivity index (χ1n) is 10.1. The van der Waals surface area contributed by atoms with Crippen LogP contribution >= 0.6 is 12.2 Å². The maximum atomic E-state index is 11.7. The third-order valence-electron chi connectivity index (χ3n) is 5.51. The molecule has 0 saturated heterocycles. The number of hydrogen-bond acceptors (Lipinski definition) is 4. The van der Waals surface area contributed by atoms with Crippen LogP contribution in [0.4, 0.5) is 11.4 Å². The molecule has 1 aliphatic carbocycles. The van der Waals surface area contributed by atoms with Gasteiger partial charge in [0.2, 0.25) is 0 Å². The molecule has 0 amide bonds. The standard InChI is InChI=1S/C23H25N5O2S/c1-15-22(16(2)27(26-15)20-10-6-7-11-21(20)28(29)30)17-12-13-19(14-17)25-23(31)24-18-8-4-3-5-9-18/h3-13,17,19,28-29H,14H2,1-2H3,(H2,24,25,31). The molecule has 1 aliphatic rings. The number of hydrogen-bond donors (Lipinski definition) is 4. The number of nitrogens with one attached hydrogen (secondary N) is 3. The number of benzene rings is 2. The van der Waals surface area contributed by atoms with E-state index in [0.29, 0.717) is 10.8 Å².